The lowest BCUT2D eigenvalue weighted by atomic mass is 10.3. The van der Waals surface area contributed by atoms with Crippen LogP contribution in [0.3, 0.4) is 0 Å². The van der Waals surface area contributed by atoms with Crippen LogP contribution in [0.4, 0.5) is 5.69 Å². The molecule has 1 aromatic carbocycles. The molecule has 1 aliphatic heterocycles. The van der Waals surface area contributed by atoms with Crippen molar-refractivity contribution in [3.63, 3.8) is 0 Å². The zero-order valence-electron chi connectivity index (χ0n) is 7.40. The molecule has 0 fully saturated rings. The number of hydrogen-bond donors (Lipinski definition) is 2. The first kappa shape index (κ1) is 9.23. The van der Waals surface area contributed by atoms with Crippen LogP contribution in [-0.4, -0.2) is 14.6 Å². The predicted octanol–water partition coefficient (Wildman–Crippen LogP) is 0.902. The Morgan fingerprint density at radius 3 is 2.79 bits per heavy atom. The summed E-state index contributed by atoms with van der Waals surface area (Å²) in [6.45, 7) is 3.53. The van der Waals surface area contributed by atoms with E-state index in [1.807, 2.05) is 0 Å². The first-order valence-corrected chi connectivity index (χ1v) is 5.62. The monoisotopic (exact) mass is 210 g/mol. The molecule has 14 heavy (non-hydrogen) atoms. The van der Waals surface area contributed by atoms with E-state index in [-0.39, 0.29) is 4.90 Å². The second-order valence-corrected chi connectivity index (χ2v) is 4.66. The molecule has 1 aliphatic rings. The van der Waals surface area contributed by atoms with E-state index >= 15 is 0 Å². The van der Waals surface area contributed by atoms with Crippen LogP contribution in [0, 0.1) is 0 Å². The fourth-order valence-electron chi connectivity index (χ4n) is 1.35. The third-order valence-corrected chi connectivity index (χ3v) is 3.50. The lowest BCUT2D eigenvalue weighted by Crippen LogP contribution is -2.43. The Balaban J connectivity index is 2.58. The van der Waals surface area contributed by atoms with Gasteiger partial charge in [0.05, 0.1) is 5.69 Å². The van der Waals surface area contributed by atoms with Crippen molar-refractivity contribution in [2.24, 2.45) is 0 Å². The molecule has 4 nitrogen and oxygen atoms in total. The number of fused-ring (bicyclic) bond motifs is 1. The van der Waals surface area contributed by atoms with Crippen molar-refractivity contribution in [2.75, 3.05) is 5.32 Å². The Kier molecular flexibility index (Phi) is 2.05. The lowest BCUT2D eigenvalue weighted by molar-refractivity contribution is 0.572. The van der Waals surface area contributed by atoms with Crippen molar-refractivity contribution in [3.05, 3.63) is 36.9 Å². The summed E-state index contributed by atoms with van der Waals surface area (Å²) >= 11 is 0. The Morgan fingerprint density at radius 1 is 1.36 bits per heavy atom. The molecule has 1 unspecified atom stereocenters. The predicted molar refractivity (Wildman–Crippen MR) is 54.4 cm³/mol. The van der Waals surface area contributed by atoms with Gasteiger partial charge in [0.2, 0.25) is 10.0 Å². The van der Waals surface area contributed by atoms with E-state index in [1.165, 1.54) is 6.08 Å². The smallest absolute Gasteiger partial charge is 0.244 e. The van der Waals surface area contributed by atoms with Crippen LogP contribution in [0.2, 0.25) is 0 Å². The second kappa shape index (κ2) is 3.11. The zero-order valence-corrected chi connectivity index (χ0v) is 8.21. The first-order valence-electron chi connectivity index (χ1n) is 4.14. The molecule has 1 atom stereocenters. The number of benzene rings is 1. The van der Waals surface area contributed by atoms with Gasteiger partial charge in [-0.05, 0) is 12.1 Å². The van der Waals surface area contributed by atoms with Gasteiger partial charge in [-0.25, -0.2) is 8.42 Å². The molecule has 1 aromatic rings. The Labute approximate surface area is 82.7 Å². The maximum atomic E-state index is 11.6. The molecule has 2 N–H and O–H groups in total. The molecular weight excluding hydrogens is 200 g/mol. The van der Waals surface area contributed by atoms with Crippen molar-refractivity contribution < 1.29 is 8.42 Å². The van der Waals surface area contributed by atoms with E-state index in [1.54, 1.807) is 24.3 Å². The minimum atomic E-state index is -3.39. The van der Waals surface area contributed by atoms with Gasteiger partial charge < -0.3 is 5.32 Å². The molecule has 1 heterocycles. The number of sulfonamides is 1. The van der Waals surface area contributed by atoms with Crippen LogP contribution in [0.1, 0.15) is 0 Å². The summed E-state index contributed by atoms with van der Waals surface area (Å²) in [4.78, 5) is 0.276. The lowest BCUT2D eigenvalue weighted by Gasteiger charge is -2.25. The molecule has 5 heteroatoms. The normalized spacial score (nSPS) is 23.3. The number of anilines is 1. The fourth-order valence-corrected chi connectivity index (χ4v) is 2.65. The van der Waals surface area contributed by atoms with Crippen molar-refractivity contribution in [1.82, 2.24) is 4.72 Å². The SMILES string of the molecule is C=CC1Nc2ccccc2S(=O)(=O)N1. The molecular formula is C9H10N2O2S. The molecule has 0 bridgehead atoms. The van der Waals surface area contributed by atoms with Crippen LogP contribution in [0.15, 0.2) is 41.8 Å². The third-order valence-electron chi connectivity index (χ3n) is 2.01. The number of hydrogen-bond acceptors (Lipinski definition) is 3. The molecule has 0 saturated carbocycles. The number of nitrogens with one attached hydrogen (secondary N) is 2. The quantitative estimate of drug-likeness (QED) is 0.677. The van der Waals surface area contributed by atoms with Gasteiger partial charge >= 0.3 is 0 Å². The van der Waals surface area contributed by atoms with Gasteiger partial charge in [0, 0.05) is 0 Å². The van der Waals surface area contributed by atoms with Gasteiger partial charge in [-0.15, -0.1) is 0 Å². The highest BCUT2D eigenvalue weighted by Crippen LogP contribution is 2.25. The molecule has 74 valence electrons. The van der Waals surface area contributed by atoms with Crippen molar-refractivity contribution >= 4 is 15.7 Å². The Bertz CT molecular complexity index is 467. The van der Waals surface area contributed by atoms with E-state index in [0.717, 1.165) is 0 Å². The average Bonchev–Trinajstić information content (AvgIpc) is 2.17. The van der Waals surface area contributed by atoms with E-state index < -0.39 is 16.2 Å². The van der Waals surface area contributed by atoms with Gasteiger partial charge in [-0.2, -0.15) is 4.72 Å². The summed E-state index contributed by atoms with van der Waals surface area (Å²) in [7, 11) is -3.39. The maximum Gasteiger partial charge on any atom is 0.244 e. The van der Waals surface area contributed by atoms with E-state index in [0.29, 0.717) is 5.69 Å². The molecule has 0 aliphatic carbocycles. The molecule has 2 rings (SSSR count). The number of rotatable bonds is 1. The van der Waals surface area contributed by atoms with E-state index in [2.05, 4.69) is 16.6 Å². The standard InChI is InChI=1S/C9H10N2O2S/c1-2-9-10-7-5-3-4-6-8(7)14(12,13)11-9/h2-6,9-11H,1H2. The fraction of sp³-hybridized carbons (Fsp3) is 0.111. The zero-order chi connectivity index (χ0) is 10.2. The molecule has 0 spiro atoms. The van der Waals surface area contributed by atoms with Crippen LogP contribution in [0.25, 0.3) is 0 Å². The number of para-hydroxylation sites is 1. The summed E-state index contributed by atoms with van der Waals surface area (Å²) in [6, 6.07) is 6.76. The van der Waals surface area contributed by atoms with E-state index in [9.17, 15) is 8.42 Å². The Hall–Kier alpha value is -1.33. The van der Waals surface area contributed by atoms with Gasteiger partial charge in [0.15, 0.2) is 0 Å². The average molecular weight is 210 g/mol. The molecule has 0 radical (unpaired) electrons. The summed E-state index contributed by atoms with van der Waals surface area (Å²) in [5.41, 5.74) is 0.608. The van der Waals surface area contributed by atoms with Crippen molar-refractivity contribution in [2.45, 2.75) is 11.1 Å². The minimum absolute atomic E-state index is 0.276. The highest BCUT2D eigenvalue weighted by atomic mass is 32.2. The van der Waals surface area contributed by atoms with Crippen LogP contribution in [-0.2, 0) is 10.0 Å². The van der Waals surface area contributed by atoms with Crippen molar-refractivity contribution in [1.29, 1.82) is 0 Å². The molecule has 0 saturated heterocycles. The largest absolute Gasteiger partial charge is 0.365 e. The topological polar surface area (TPSA) is 58.2 Å². The van der Waals surface area contributed by atoms with Gasteiger partial charge in [-0.1, -0.05) is 24.8 Å². The highest BCUT2D eigenvalue weighted by molar-refractivity contribution is 7.89. The summed E-state index contributed by atoms with van der Waals surface area (Å²) in [6.07, 6.45) is 1.07. The minimum Gasteiger partial charge on any atom is -0.365 e. The van der Waals surface area contributed by atoms with Gasteiger partial charge in [-0.3, -0.25) is 0 Å². The third kappa shape index (κ3) is 1.40. The van der Waals surface area contributed by atoms with Crippen LogP contribution < -0.4 is 10.0 Å². The summed E-state index contributed by atoms with van der Waals surface area (Å²) in [5, 5.41) is 2.99. The molecule has 0 aromatic heterocycles. The maximum absolute atomic E-state index is 11.6. The van der Waals surface area contributed by atoms with Gasteiger partial charge in [0.1, 0.15) is 11.1 Å². The molecule has 0 amide bonds. The first-order chi connectivity index (χ1) is 6.63. The Morgan fingerprint density at radius 2 is 2.07 bits per heavy atom. The van der Waals surface area contributed by atoms with Gasteiger partial charge in [0.25, 0.3) is 0 Å². The highest BCUT2D eigenvalue weighted by Gasteiger charge is 2.26. The van der Waals surface area contributed by atoms with Crippen LogP contribution >= 0.6 is 0 Å². The van der Waals surface area contributed by atoms with Crippen LogP contribution in [0.5, 0.6) is 0 Å². The van der Waals surface area contributed by atoms with Crippen molar-refractivity contribution in [3.8, 4) is 0 Å². The van der Waals surface area contributed by atoms with E-state index in [4.69, 9.17) is 0 Å². The summed E-state index contributed by atoms with van der Waals surface area (Å²) in [5.74, 6) is 0. The summed E-state index contributed by atoms with van der Waals surface area (Å²) < 4.78 is 25.7. The second-order valence-electron chi connectivity index (χ2n) is 2.98.